The summed E-state index contributed by atoms with van der Waals surface area (Å²) in [6, 6.07) is 121. The Morgan fingerprint density at radius 1 is 0.248 bits per heavy atom. The van der Waals surface area contributed by atoms with Crippen LogP contribution in [0, 0.1) is 0 Å². The van der Waals surface area contributed by atoms with Gasteiger partial charge in [0.15, 0.2) is 23.3 Å². The molecule has 19 aromatic rings. The van der Waals surface area contributed by atoms with Crippen LogP contribution in [0.2, 0.25) is 5.28 Å². The fourth-order valence-electron chi connectivity index (χ4n) is 13.8. The van der Waals surface area contributed by atoms with E-state index in [0.717, 1.165) is 126 Å². The van der Waals surface area contributed by atoms with Crippen molar-refractivity contribution in [3.05, 3.63) is 368 Å². The summed E-state index contributed by atoms with van der Waals surface area (Å²) < 4.78 is 4.58. The van der Waals surface area contributed by atoms with Crippen LogP contribution in [-0.4, -0.2) is 44.4 Å². The Kier molecular flexibility index (Phi) is 17.3. The molecule has 1 aliphatic carbocycles. The second kappa shape index (κ2) is 28.4. The van der Waals surface area contributed by atoms with Crippen molar-refractivity contribution in [2.24, 2.45) is 0 Å². The molecule has 0 saturated carbocycles. The molecular weight excluding hydrogens is 1340 g/mol. The highest BCUT2D eigenvalue weighted by atomic mass is 35.5. The molecule has 105 heavy (non-hydrogen) atoms. The standard InChI is InChI=1S/C46H29N5S.C27H18ClN3.C20H13NS/c1-4-14-30(15-5-1)33-20-12-22-35(26-33)43-48-44(36-23-13-21-34(27-36)31-16-6-2-7-17-31)50-46(49-43)51-40-25-11-10-24-37(40)38-28-42-39(29-41(38)51)47-45(52-42)32-18-8-3-9-19-32;28-27-30-25(23-15-7-13-21(17-23)19-9-3-1-4-10-19)29-26(31-27)24-16-8-14-22(18-24)20-11-5-2-6-12-20;1-2-6-13(7-3-1)20-21-18-11-15-10-14-8-4-5-9-16(14)17(15)12-19(18)22-20/h1-29H;1-18H;1-9,11-12H,10H2. The highest BCUT2D eigenvalue weighted by molar-refractivity contribution is 7.22. The highest BCUT2D eigenvalue weighted by Crippen LogP contribution is 2.43. The molecule has 0 unspecified atom stereocenters. The van der Waals surface area contributed by atoms with E-state index >= 15 is 0 Å². The van der Waals surface area contributed by atoms with Crippen molar-refractivity contribution in [3.63, 3.8) is 0 Å². The lowest BCUT2D eigenvalue weighted by Gasteiger charge is -2.12. The summed E-state index contributed by atoms with van der Waals surface area (Å²) in [7, 11) is 0. The average molecular weight is 1400 g/mol. The van der Waals surface area contributed by atoms with Gasteiger partial charge in [0, 0.05) is 44.2 Å². The van der Waals surface area contributed by atoms with E-state index in [2.05, 4.69) is 281 Å². The molecule has 0 radical (unpaired) electrons. The number of thiazole rings is 2. The zero-order valence-electron chi connectivity index (χ0n) is 56.4. The molecule has 5 heterocycles. The number of rotatable bonds is 11. The number of hydrogen-bond acceptors (Lipinski definition) is 10. The van der Waals surface area contributed by atoms with Gasteiger partial charge in [-0.3, -0.25) is 4.57 Å². The molecule has 496 valence electrons. The van der Waals surface area contributed by atoms with Crippen molar-refractivity contribution in [3.8, 4) is 128 Å². The summed E-state index contributed by atoms with van der Waals surface area (Å²) >= 11 is 9.80. The van der Waals surface area contributed by atoms with E-state index in [9.17, 15) is 0 Å². The van der Waals surface area contributed by atoms with Crippen LogP contribution in [0.3, 0.4) is 0 Å². The molecule has 5 aromatic heterocycles. The molecule has 0 N–H and O–H groups in total. The van der Waals surface area contributed by atoms with Gasteiger partial charge in [0.1, 0.15) is 10.0 Å². The van der Waals surface area contributed by atoms with Crippen LogP contribution in [0.4, 0.5) is 0 Å². The molecule has 9 nitrogen and oxygen atoms in total. The molecule has 0 aliphatic heterocycles. The third kappa shape index (κ3) is 13.3. The van der Waals surface area contributed by atoms with Gasteiger partial charge < -0.3 is 0 Å². The first-order valence-electron chi connectivity index (χ1n) is 34.7. The first-order chi connectivity index (χ1) is 51.9. The number of benzene rings is 14. The van der Waals surface area contributed by atoms with Gasteiger partial charge in [0.05, 0.1) is 31.5 Å². The maximum Gasteiger partial charge on any atom is 0.238 e. The molecule has 14 aromatic carbocycles. The third-order valence-electron chi connectivity index (χ3n) is 18.9. The first-order valence-corrected chi connectivity index (χ1v) is 36.7. The summed E-state index contributed by atoms with van der Waals surface area (Å²) in [6.45, 7) is 0. The molecule has 0 saturated heterocycles. The Morgan fingerprint density at radius 2 is 0.610 bits per heavy atom. The maximum atomic E-state index is 6.30. The molecular formula is C93H60ClN9S2. The SMILES string of the molecule is Clc1nc(-c2cccc(-c3ccccc3)c2)nc(-c2cccc(-c3ccccc3)c2)n1.c1ccc(-c2cccc(-c3nc(-c4cccc(-c5ccccc5)c4)nc(-n4c5ccccc5c5cc6sc(-c7ccccc7)nc6cc54)n3)c2)cc1.c1ccc(-c2nc3cc4c(cc3s2)-c2ccccc2C4)cc1. The van der Waals surface area contributed by atoms with E-state index in [1.807, 2.05) is 84.9 Å². The maximum absolute atomic E-state index is 6.30. The lowest BCUT2D eigenvalue weighted by molar-refractivity contribution is 0.954. The van der Waals surface area contributed by atoms with E-state index in [1.54, 1.807) is 22.7 Å². The van der Waals surface area contributed by atoms with Gasteiger partial charge in [-0.05, 0) is 139 Å². The quantitative estimate of drug-likeness (QED) is 0.126. The number of halogens is 1. The normalized spacial score (nSPS) is 11.4. The van der Waals surface area contributed by atoms with Gasteiger partial charge in [0.2, 0.25) is 11.2 Å². The van der Waals surface area contributed by atoms with Gasteiger partial charge in [-0.1, -0.05) is 297 Å². The van der Waals surface area contributed by atoms with Crippen LogP contribution in [0.15, 0.2) is 352 Å². The summed E-state index contributed by atoms with van der Waals surface area (Å²) in [5, 5.41) is 4.55. The van der Waals surface area contributed by atoms with Crippen LogP contribution in [-0.2, 0) is 6.42 Å². The topological polar surface area (TPSA) is 108 Å². The molecule has 0 fully saturated rings. The molecule has 0 amide bonds. The lowest BCUT2D eigenvalue weighted by Crippen LogP contribution is -2.06. The minimum atomic E-state index is 0.176. The Labute approximate surface area is 619 Å². The molecule has 1 aliphatic rings. The van der Waals surface area contributed by atoms with Crippen LogP contribution in [0.5, 0.6) is 0 Å². The van der Waals surface area contributed by atoms with E-state index in [1.165, 1.54) is 32.5 Å². The molecule has 20 rings (SSSR count). The smallest absolute Gasteiger partial charge is 0.238 e. The predicted molar refractivity (Wildman–Crippen MR) is 434 cm³/mol. The minimum Gasteiger partial charge on any atom is -0.278 e. The Bertz CT molecular complexity index is 6190. The van der Waals surface area contributed by atoms with Crippen LogP contribution >= 0.6 is 34.3 Å². The van der Waals surface area contributed by atoms with E-state index in [-0.39, 0.29) is 5.28 Å². The number of fused-ring (bicyclic) bond motifs is 8. The second-order valence-corrected chi connectivity index (χ2v) is 28.0. The largest absolute Gasteiger partial charge is 0.278 e. The van der Waals surface area contributed by atoms with Gasteiger partial charge in [-0.2, -0.15) is 19.9 Å². The zero-order chi connectivity index (χ0) is 70.0. The predicted octanol–water partition coefficient (Wildman–Crippen LogP) is 24.6. The van der Waals surface area contributed by atoms with Gasteiger partial charge in [-0.15, -0.1) is 22.7 Å². The highest BCUT2D eigenvalue weighted by Gasteiger charge is 2.23. The number of para-hydroxylation sites is 1. The number of aromatic nitrogens is 9. The second-order valence-electron chi connectivity index (χ2n) is 25.6. The summed E-state index contributed by atoms with van der Waals surface area (Å²) in [5.74, 6) is 2.87. The number of hydrogen-bond donors (Lipinski definition) is 0. The van der Waals surface area contributed by atoms with Crippen molar-refractivity contribution in [2.45, 2.75) is 6.42 Å². The van der Waals surface area contributed by atoms with Crippen LogP contribution in [0.25, 0.3) is 171 Å². The fraction of sp³-hybridized carbons (Fsp3) is 0.0108. The lowest BCUT2D eigenvalue weighted by atomic mass is 10.0. The van der Waals surface area contributed by atoms with Crippen molar-refractivity contribution < 1.29 is 0 Å². The number of nitrogens with zero attached hydrogens (tertiary/aromatic N) is 9. The minimum absolute atomic E-state index is 0.176. The first kappa shape index (κ1) is 64.1. The Hall–Kier alpha value is -13.0. The monoisotopic (exact) mass is 1400 g/mol. The van der Waals surface area contributed by atoms with E-state index in [0.29, 0.717) is 29.2 Å². The van der Waals surface area contributed by atoms with Crippen molar-refractivity contribution in [1.29, 1.82) is 0 Å². The van der Waals surface area contributed by atoms with Gasteiger partial charge in [0.25, 0.3) is 0 Å². The Morgan fingerprint density at radius 3 is 1.07 bits per heavy atom. The fourth-order valence-corrected chi connectivity index (χ4v) is 15.9. The van der Waals surface area contributed by atoms with Gasteiger partial charge in [-0.25, -0.2) is 19.9 Å². The summed E-state index contributed by atoms with van der Waals surface area (Å²) in [4.78, 5) is 39.1. The van der Waals surface area contributed by atoms with Gasteiger partial charge >= 0.3 is 0 Å². The van der Waals surface area contributed by atoms with Crippen molar-refractivity contribution >= 4 is 76.5 Å². The van der Waals surface area contributed by atoms with Crippen LogP contribution < -0.4 is 0 Å². The molecule has 0 bridgehead atoms. The van der Waals surface area contributed by atoms with Crippen molar-refractivity contribution in [1.82, 2.24) is 44.4 Å². The van der Waals surface area contributed by atoms with Crippen molar-refractivity contribution in [2.75, 3.05) is 0 Å². The summed E-state index contributed by atoms with van der Waals surface area (Å²) in [6.07, 6.45) is 1.03. The average Bonchev–Trinajstić information content (AvgIpc) is 1.57. The van der Waals surface area contributed by atoms with E-state index in [4.69, 9.17) is 41.5 Å². The molecule has 0 spiro atoms. The molecule has 0 atom stereocenters. The Balaban J connectivity index is 0.000000124. The van der Waals surface area contributed by atoms with Crippen LogP contribution in [0.1, 0.15) is 11.1 Å². The molecule has 12 heteroatoms. The summed E-state index contributed by atoms with van der Waals surface area (Å²) in [5.41, 5.74) is 24.6. The third-order valence-corrected chi connectivity index (χ3v) is 21.2. The zero-order valence-corrected chi connectivity index (χ0v) is 58.8. The van der Waals surface area contributed by atoms with E-state index < -0.39 is 0 Å².